The van der Waals surface area contributed by atoms with Crippen LogP contribution in [0.25, 0.3) is 0 Å². The summed E-state index contributed by atoms with van der Waals surface area (Å²) in [6.07, 6.45) is 1.68. The summed E-state index contributed by atoms with van der Waals surface area (Å²) in [6, 6.07) is 6.98. The number of hydrogen-bond donors (Lipinski definition) is 0. The molecule has 0 bridgehead atoms. The molecular weight excluding hydrogens is 398 g/mol. The molecule has 0 N–H and O–H groups in total. The first-order chi connectivity index (χ1) is 15.0. The number of fused-ring (bicyclic) bond motifs is 2. The SMILES string of the molecule is COc1cc(C=O)ccc1OCC#CC1c2c(cc3c(c2OC)OCO3)CC[N+]1(C)C. The fraction of sp³-hybridized carbons (Fsp3) is 0.375. The fourth-order valence-corrected chi connectivity index (χ4v) is 4.05. The largest absolute Gasteiger partial charge is 0.493 e. The molecule has 7 nitrogen and oxygen atoms in total. The van der Waals surface area contributed by atoms with Gasteiger partial charge < -0.3 is 28.2 Å². The van der Waals surface area contributed by atoms with Crippen molar-refractivity contribution in [3.8, 4) is 40.6 Å². The molecule has 4 rings (SSSR count). The number of methoxy groups -OCH3 is 2. The number of carbonyl (C=O) groups is 1. The zero-order valence-electron chi connectivity index (χ0n) is 18.2. The lowest BCUT2D eigenvalue weighted by Gasteiger charge is -2.40. The molecule has 2 heterocycles. The molecule has 2 aliphatic heterocycles. The molecule has 0 aliphatic carbocycles. The molecule has 1 atom stereocenters. The van der Waals surface area contributed by atoms with E-state index in [4.69, 9.17) is 23.7 Å². The second kappa shape index (κ2) is 8.40. The van der Waals surface area contributed by atoms with Gasteiger partial charge >= 0.3 is 0 Å². The molecule has 1 unspecified atom stereocenters. The Morgan fingerprint density at radius 1 is 1.16 bits per heavy atom. The highest BCUT2D eigenvalue weighted by molar-refractivity contribution is 5.76. The maximum Gasteiger partial charge on any atom is 0.231 e. The Kier molecular flexibility index (Phi) is 5.66. The fourth-order valence-electron chi connectivity index (χ4n) is 4.05. The topological polar surface area (TPSA) is 63.2 Å². The molecule has 0 saturated carbocycles. The third-order valence-corrected chi connectivity index (χ3v) is 5.74. The van der Waals surface area contributed by atoms with E-state index in [9.17, 15) is 4.79 Å². The summed E-state index contributed by atoms with van der Waals surface area (Å²) in [7, 11) is 7.51. The number of ether oxygens (including phenoxy) is 5. The molecule has 31 heavy (non-hydrogen) atoms. The Balaban J connectivity index is 1.61. The average Bonchev–Trinajstić information content (AvgIpc) is 3.24. The molecule has 0 radical (unpaired) electrons. The van der Waals surface area contributed by atoms with Gasteiger partial charge in [0.1, 0.15) is 12.9 Å². The summed E-state index contributed by atoms with van der Waals surface area (Å²) >= 11 is 0. The van der Waals surface area contributed by atoms with Crippen LogP contribution in [0.5, 0.6) is 28.7 Å². The molecule has 0 spiro atoms. The van der Waals surface area contributed by atoms with E-state index < -0.39 is 0 Å². The zero-order chi connectivity index (χ0) is 22.0. The van der Waals surface area contributed by atoms with Gasteiger partial charge in [0.2, 0.25) is 12.5 Å². The molecule has 162 valence electrons. The number of aldehydes is 1. The molecule has 0 aromatic heterocycles. The Morgan fingerprint density at radius 2 is 2.00 bits per heavy atom. The minimum atomic E-state index is -0.101. The average molecular weight is 424 g/mol. The van der Waals surface area contributed by atoms with E-state index in [0.717, 1.165) is 30.6 Å². The molecular formula is C24H26NO6+. The van der Waals surface area contributed by atoms with Crippen molar-refractivity contribution >= 4 is 6.29 Å². The molecule has 0 saturated heterocycles. The molecule has 0 amide bonds. The van der Waals surface area contributed by atoms with Crippen molar-refractivity contribution < 1.29 is 33.0 Å². The summed E-state index contributed by atoms with van der Waals surface area (Å²) in [5, 5.41) is 0. The smallest absolute Gasteiger partial charge is 0.231 e. The first-order valence-corrected chi connectivity index (χ1v) is 10.0. The van der Waals surface area contributed by atoms with Crippen LogP contribution in [-0.2, 0) is 6.42 Å². The number of hydrogen-bond acceptors (Lipinski definition) is 6. The predicted molar refractivity (Wildman–Crippen MR) is 114 cm³/mol. The first kappa shape index (κ1) is 20.9. The standard InChI is InChI=1S/C24H26NO6/c1-25(2)10-9-17-13-21-23(31-15-30-21)24(28-4)22(17)18(25)6-5-11-29-19-8-7-16(14-26)12-20(19)27-3/h7-8,12-14,18H,9-11,15H2,1-4H3/q+1. The summed E-state index contributed by atoms with van der Waals surface area (Å²) in [5.41, 5.74) is 2.74. The zero-order valence-corrected chi connectivity index (χ0v) is 18.2. The van der Waals surface area contributed by atoms with Crippen molar-refractivity contribution in [1.29, 1.82) is 0 Å². The van der Waals surface area contributed by atoms with Gasteiger partial charge in [0, 0.05) is 12.0 Å². The van der Waals surface area contributed by atoms with Gasteiger partial charge in [0.15, 0.2) is 29.0 Å². The Labute approximate surface area is 182 Å². The van der Waals surface area contributed by atoms with Crippen LogP contribution in [0, 0.1) is 11.8 Å². The van der Waals surface area contributed by atoms with Gasteiger partial charge in [-0.3, -0.25) is 4.79 Å². The molecule has 2 aliphatic rings. The van der Waals surface area contributed by atoms with E-state index >= 15 is 0 Å². The van der Waals surface area contributed by atoms with Gasteiger partial charge in [-0.05, 0) is 35.7 Å². The van der Waals surface area contributed by atoms with Crippen LogP contribution in [0.4, 0.5) is 0 Å². The Hall–Kier alpha value is -3.37. The Bertz CT molecular complexity index is 1070. The number of nitrogens with zero attached hydrogens (tertiary/aromatic N) is 1. The van der Waals surface area contributed by atoms with Crippen molar-refractivity contribution in [3.05, 3.63) is 41.0 Å². The summed E-state index contributed by atoms with van der Waals surface area (Å²) < 4.78 is 28.8. The van der Waals surface area contributed by atoms with Crippen LogP contribution >= 0.6 is 0 Å². The third-order valence-electron chi connectivity index (χ3n) is 5.74. The monoisotopic (exact) mass is 424 g/mol. The minimum absolute atomic E-state index is 0.101. The number of carbonyl (C=O) groups excluding carboxylic acids is 1. The summed E-state index contributed by atoms with van der Waals surface area (Å²) in [5.74, 6) is 9.66. The summed E-state index contributed by atoms with van der Waals surface area (Å²) in [4.78, 5) is 11.0. The Morgan fingerprint density at radius 3 is 2.74 bits per heavy atom. The van der Waals surface area contributed by atoms with Crippen LogP contribution in [0.2, 0.25) is 0 Å². The molecule has 2 aromatic rings. The van der Waals surface area contributed by atoms with Crippen molar-refractivity contribution in [2.45, 2.75) is 12.5 Å². The van der Waals surface area contributed by atoms with E-state index in [2.05, 4.69) is 25.9 Å². The quantitative estimate of drug-likeness (QED) is 0.418. The van der Waals surface area contributed by atoms with Crippen LogP contribution in [0.15, 0.2) is 24.3 Å². The van der Waals surface area contributed by atoms with E-state index in [1.807, 2.05) is 6.07 Å². The van der Waals surface area contributed by atoms with E-state index in [1.165, 1.54) is 12.7 Å². The molecule has 2 aromatic carbocycles. The third kappa shape index (κ3) is 3.87. The van der Waals surface area contributed by atoms with E-state index in [1.54, 1.807) is 25.3 Å². The van der Waals surface area contributed by atoms with Gasteiger partial charge in [-0.2, -0.15) is 0 Å². The number of rotatable bonds is 5. The van der Waals surface area contributed by atoms with Crippen molar-refractivity contribution in [3.63, 3.8) is 0 Å². The van der Waals surface area contributed by atoms with Crippen LogP contribution in [-0.4, -0.2) is 59.0 Å². The highest BCUT2D eigenvalue weighted by Crippen LogP contribution is 2.50. The molecule has 7 heteroatoms. The second-order valence-electron chi connectivity index (χ2n) is 8.01. The van der Waals surface area contributed by atoms with Crippen LogP contribution < -0.4 is 23.7 Å². The highest BCUT2D eigenvalue weighted by atomic mass is 16.7. The lowest BCUT2D eigenvalue weighted by Crippen LogP contribution is -2.47. The van der Waals surface area contributed by atoms with Gasteiger partial charge in [-0.15, -0.1) is 0 Å². The number of benzene rings is 2. The maximum absolute atomic E-state index is 11.0. The van der Waals surface area contributed by atoms with Crippen LogP contribution in [0.3, 0.4) is 0 Å². The highest BCUT2D eigenvalue weighted by Gasteiger charge is 2.40. The van der Waals surface area contributed by atoms with E-state index in [-0.39, 0.29) is 19.4 Å². The van der Waals surface area contributed by atoms with E-state index in [0.29, 0.717) is 33.0 Å². The minimum Gasteiger partial charge on any atom is -0.493 e. The van der Waals surface area contributed by atoms with Crippen molar-refractivity contribution in [1.82, 2.24) is 0 Å². The lowest BCUT2D eigenvalue weighted by atomic mass is 9.89. The number of likely N-dealkylation sites (N-methyl/N-ethyl adjacent to an activating group) is 1. The van der Waals surface area contributed by atoms with Gasteiger partial charge in [0.05, 0.1) is 40.4 Å². The second-order valence-corrected chi connectivity index (χ2v) is 8.01. The normalized spacial score (nSPS) is 17.7. The van der Waals surface area contributed by atoms with Crippen molar-refractivity contribution in [2.75, 3.05) is 48.3 Å². The lowest BCUT2D eigenvalue weighted by molar-refractivity contribution is -0.914. The summed E-state index contributed by atoms with van der Waals surface area (Å²) in [6.45, 7) is 1.33. The maximum atomic E-state index is 11.0. The van der Waals surface area contributed by atoms with Gasteiger partial charge in [-0.25, -0.2) is 0 Å². The van der Waals surface area contributed by atoms with Crippen molar-refractivity contribution in [2.24, 2.45) is 0 Å². The molecule has 0 fully saturated rings. The number of quaternary nitrogens is 1. The van der Waals surface area contributed by atoms with Gasteiger partial charge in [-0.1, -0.05) is 5.92 Å². The first-order valence-electron chi connectivity index (χ1n) is 10.0. The predicted octanol–water partition coefficient (Wildman–Crippen LogP) is 3.00. The van der Waals surface area contributed by atoms with Gasteiger partial charge in [0.25, 0.3) is 0 Å². The van der Waals surface area contributed by atoms with Crippen LogP contribution in [0.1, 0.15) is 27.5 Å².